The lowest BCUT2D eigenvalue weighted by atomic mass is 10.2. The van der Waals surface area contributed by atoms with E-state index in [9.17, 15) is 0 Å². The standard InChI is InChI=1S/C8H6O2/c1-2-6-7(10-6)3-5(1)8-4-9-8/h1-3,8H,4H2. The van der Waals surface area contributed by atoms with Crippen molar-refractivity contribution < 1.29 is 9.47 Å². The minimum Gasteiger partial charge on any atom is -0.450 e. The number of hydrogen-bond donors (Lipinski definition) is 0. The molecule has 1 atom stereocenters. The summed E-state index contributed by atoms with van der Waals surface area (Å²) < 4.78 is 10.2. The summed E-state index contributed by atoms with van der Waals surface area (Å²) in [5, 5.41) is 0. The molecule has 0 spiro atoms. The van der Waals surface area contributed by atoms with E-state index in [0.717, 1.165) is 18.1 Å². The Balaban J connectivity index is 2.08. The average Bonchev–Trinajstić information content (AvgIpc) is 2.83. The Morgan fingerprint density at radius 3 is 2.90 bits per heavy atom. The maximum absolute atomic E-state index is 5.12. The molecule has 1 fully saturated rings. The highest BCUT2D eigenvalue weighted by atomic mass is 16.6. The highest BCUT2D eigenvalue weighted by Gasteiger charge is 2.28. The van der Waals surface area contributed by atoms with Crippen molar-refractivity contribution in [3.8, 4) is 11.5 Å². The van der Waals surface area contributed by atoms with Crippen LogP contribution in [0.25, 0.3) is 0 Å². The van der Waals surface area contributed by atoms with Crippen LogP contribution in [0.2, 0.25) is 0 Å². The Kier molecular flexibility index (Phi) is 0.640. The predicted molar refractivity (Wildman–Crippen MR) is 35.2 cm³/mol. The van der Waals surface area contributed by atoms with E-state index in [1.165, 1.54) is 5.56 Å². The van der Waals surface area contributed by atoms with Crippen LogP contribution in [0, 0.1) is 0 Å². The molecular formula is C8H6O2. The van der Waals surface area contributed by atoms with Gasteiger partial charge < -0.3 is 9.47 Å². The Morgan fingerprint density at radius 2 is 2.20 bits per heavy atom. The van der Waals surface area contributed by atoms with Crippen LogP contribution in [0.5, 0.6) is 11.5 Å². The molecule has 2 heteroatoms. The molecule has 1 saturated heterocycles. The second-order valence-electron chi connectivity index (χ2n) is 2.63. The highest BCUT2D eigenvalue weighted by molar-refractivity contribution is 5.56. The lowest BCUT2D eigenvalue weighted by molar-refractivity contribution is 0.415. The quantitative estimate of drug-likeness (QED) is 0.556. The van der Waals surface area contributed by atoms with Crippen molar-refractivity contribution in [2.75, 3.05) is 6.61 Å². The fourth-order valence-corrected chi connectivity index (χ4v) is 1.12. The van der Waals surface area contributed by atoms with Gasteiger partial charge in [-0.1, -0.05) is 6.07 Å². The Hall–Kier alpha value is -1.02. The van der Waals surface area contributed by atoms with E-state index < -0.39 is 0 Å². The Labute approximate surface area is 58.4 Å². The molecule has 50 valence electrons. The summed E-state index contributed by atoms with van der Waals surface area (Å²) in [7, 11) is 0. The van der Waals surface area contributed by atoms with Gasteiger partial charge in [-0.25, -0.2) is 0 Å². The molecule has 0 aliphatic carbocycles. The molecule has 10 heavy (non-hydrogen) atoms. The minimum absolute atomic E-state index is 0.356. The summed E-state index contributed by atoms with van der Waals surface area (Å²) in [6, 6.07) is 6.10. The third-order valence-electron chi connectivity index (χ3n) is 1.85. The van der Waals surface area contributed by atoms with Gasteiger partial charge in [-0.2, -0.15) is 0 Å². The van der Waals surface area contributed by atoms with E-state index in [4.69, 9.17) is 9.47 Å². The van der Waals surface area contributed by atoms with Crippen molar-refractivity contribution >= 4 is 0 Å². The van der Waals surface area contributed by atoms with Crippen molar-refractivity contribution in [1.29, 1.82) is 0 Å². The minimum atomic E-state index is 0.356. The summed E-state index contributed by atoms with van der Waals surface area (Å²) in [6.07, 6.45) is 0.356. The lowest BCUT2D eigenvalue weighted by Gasteiger charge is -1.86. The van der Waals surface area contributed by atoms with Crippen LogP contribution in [0.3, 0.4) is 0 Å². The maximum Gasteiger partial charge on any atom is 0.170 e. The molecule has 1 aromatic carbocycles. The van der Waals surface area contributed by atoms with E-state index in [1.807, 2.05) is 12.1 Å². The molecule has 0 bridgehead atoms. The van der Waals surface area contributed by atoms with Gasteiger partial charge in [-0.3, -0.25) is 0 Å². The third kappa shape index (κ3) is 0.567. The van der Waals surface area contributed by atoms with E-state index in [0.29, 0.717) is 6.10 Å². The van der Waals surface area contributed by atoms with Gasteiger partial charge in [-0.15, -0.1) is 0 Å². The molecule has 0 N–H and O–H groups in total. The molecule has 0 aromatic heterocycles. The number of fused-ring (bicyclic) bond motifs is 1. The van der Waals surface area contributed by atoms with Gasteiger partial charge in [0, 0.05) is 0 Å². The Morgan fingerprint density at radius 1 is 1.30 bits per heavy atom. The zero-order chi connectivity index (χ0) is 6.55. The molecular weight excluding hydrogens is 128 g/mol. The first kappa shape index (κ1) is 4.74. The van der Waals surface area contributed by atoms with Crippen molar-refractivity contribution in [3.63, 3.8) is 0 Å². The molecule has 3 rings (SSSR count). The number of epoxide rings is 1. The topological polar surface area (TPSA) is 25.1 Å². The molecule has 2 aliphatic rings. The van der Waals surface area contributed by atoms with E-state index in [2.05, 4.69) is 6.07 Å². The van der Waals surface area contributed by atoms with Gasteiger partial charge in [0.1, 0.15) is 6.10 Å². The summed E-state index contributed by atoms with van der Waals surface area (Å²) in [4.78, 5) is 0. The van der Waals surface area contributed by atoms with Crippen molar-refractivity contribution in [3.05, 3.63) is 23.8 Å². The van der Waals surface area contributed by atoms with Crippen LogP contribution in [-0.2, 0) is 4.74 Å². The van der Waals surface area contributed by atoms with Crippen LogP contribution >= 0.6 is 0 Å². The van der Waals surface area contributed by atoms with Crippen molar-refractivity contribution in [1.82, 2.24) is 0 Å². The highest BCUT2D eigenvalue weighted by Crippen LogP contribution is 2.47. The SMILES string of the molecule is c1cc2c(cc1C1CO1)O2. The summed E-state index contributed by atoms with van der Waals surface area (Å²) in [5.74, 6) is 2.04. The maximum atomic E-state index is 5.12. The fraction of sp³-hybridized carbons (Fsp3) is 0.250. The second kappa shape index (κ2) is 1.35. The monoisotopic (exact) mass is 134 g/mol. The first-order valence-corrected chi connectivity index (χ1v) is 3.37. The molecule has 1 unspecified atom stereocenters. The molecule has 1 aromatic rings. The van der Waals surface area contributed by atoms with Gasteiger partial charge in [0.25, 0.3) is 0 Å². The normalized spacial score (nSPS) is 25.0. The Bertz CT molecular complexity index is 289. The molecule has 0 amide bonds. The van der Waals surface area contributed by atoms with Crippen LogP contribution in [0.4, 0.5) is 0 Å². The third-order valence-corrected chi connectivity index (χ3v) is 1.85. The van der Waals surface area contributed by atoms with E-state index >= 15 is 0 Å². The summed E-state index contributed by atoms with van der Waals surface area (Å²) in [5.41, 5.74) is 1.25. The van der Waals surface area contributed by atoms with Gasteiger partial charge >= 0.3 is 0 Å². The average molecular weight is 134 g/mol. The molecule has 2 aliphatic heterocycles. The summed E-state index contributed by atoms with van der Waals surface area (Å²) in [6.45, 7) is 0.874. The van der Waals surface area contributed by atoms with E-state index in [-0.39, 0.29) is 0 Å². The van der Waals surface area contributed by atoms with Gasteiger partial charge in [0.15, 0.2) is 11.5 Å². The number of rotatable bonds is 1. The first-order valence-electron chi connectivity index (χ1n) is 3.37. The second-order valence-corrected chi connectivity index (χ2v) is 2.63. The lowest BCUT2D eigenvalue weighted by Crippen LogP contribution is -1.73. The van der Waals surface area contributed by atoms with Gasteiger partial charge in [-0.05, 0) is 17.7 Å². The van der Waals surface area contributed by atoms with Gasteiger partial charge in [0.05, 0.1) is 6.61 Å². The zero-order valence-corrected chi connectivity index (χ0v) is 5.33. The van der Waals surface area contributed by atoms with Crippen LogP contribution in [0.1, 0.15) is 11.7 Å². The molecule has 0 radical (unpaired) electrons. The predicted octanol–water partition coefficient (Wildman–Crippen LogP) is 1.86. The van der Waals surface area contributed by atoms with E-state index in [1.54, 1.807) is 0 Å². The zero-order valence-electron chi connectivity index (χ0n) is 5.33. The van der Waals surface area contributed by atoms with Crippen LogP contribution in [-0.4, -0.2) is 6.61 Å². The number of hydrogen-bond acceptors (Lipinski definition) is 2. The van der Waals surface area contributed by atoms with Crippen LogP contribution < -0.4 is 4.74 Å². The first-order chi connectivity index (χ1) is 4.93. The fourth-order valence-electron chi connectivity index (χ4n) is 1.12. The van der Waals surface area contributed by atoms with Crippen LogP contribution in [0.15, 0.2) is 18.2 Å². The molecule has 2 nitrogen and oxygen atoms in total. The number of ether oxygens (including phenoxy) is 2. The largest absolute Gasteiger partial charge is 0.450 e. The smallest absolute Gasteiger partial charge is 0.170 e. The van der Waals surface area contributed by atoms with Crippen molar-refractivity contribution in [2.45, 2.75) is 6.10 Å². The summed E-state index contributed by atoms with van der Waals surface area (Å²) >= 11 is 0. The molecule has 2 heterocycles. The molecule has 0 saturated carbocycles. The number of benzene rings is 1. The van der Waals surface area contributed by atoms with Crippen molar-refractivity contribution in [2.24, 2.45) is 0 Å². The van der Waals surface area contributed by atoms with Gasteiger partial charge in [0.2, 0.25) is 0 Å².